The molecule has 1 atom stereocenters. The normalized spacial score (nSPS) is 14.4. The standard InChI is InChI=1S/C10H21O3.Sn/c1-5-9(11-6-2)10(12-7-3)13-8-4;/h9H,5-8H2,1-4H3;. The van der Waals surface area contributed by atoms with E-state index in [4.69, 9.17) is 14.2 Å². The Kier molecular flexibility index (Phi) is 8.29. The molecule has 0 heterocycles. The second-order valence-electron chi connectivity index (χ2n) is 2.89. The van der Waals surface area contributed by atoms with Gasteiger partial charge in [0.2, 0.25) is 0 Å². The van der Waals surface area contributed by atoms with E-state index in [1.54, 1.807) is 0 Å². The zero-order chi connectivity index (χ0) is 11.0. The van der Waals surface area contributed by atoms with Gasteiger partial charge in [0.1, 0.15) is 0 Å². The zero-order valence-electron chi connectivity index (χ0n) is 9.63. The van der Waals surface area contributed by atoms with Crippen LogP contribution in [0.5, 0.6) is 0 Å². The van der Waals surface area contributed by atoms with Crippen LogP contribution in [0.2, 0.25) is 0 Å². The maximum atomic E-state index is 5.67. The van der Waals surface area contributed by atoms with Gasteiger partial charge in [-0.25, -0.2) is 0 Å². The molecule has 0 fully saturated rings. The Bertz CT molecular complexity index is 135. The van der Waals surface area contributed by atoms with Crippen molar-refractivity contribution in [2.24, 2.45) is 0 Å². The Morgan fingerprint density at radius 2 is 1.50 bits per heavy atom. The summed E-state index contributed by atoms with van der Waals surface area (Å²) in [5.41, 5.74) is 0. The third-order valence-electron chi connectivity index (χ3n) is 1.88. The van der Waals surface area contributed by atoms with Crippen molar-refractivity contribution in [3.8, 4) is 0 Å². The molecule has 0 amide bonds. The van der Waals surface area contributed by atoms with Crippen LogP contribution >= 0.6 is 0 Å². The molecule has 0 saturated carbocycles. The van der Waals surface area contributed by atoms with Gasteiger partial charge in [-0.15, -0.1) is 0 Å². The predicted molar refractivity (Wildman–Crippen MR) is 57.4 cm³/mol. The van der Waals surface area contributed by atoms with Gasteiger partial charge in [-0.3, -0.25) is 0 Å². The summed E-state index contributed by atoms with van der Waals surface area (Å²) >= 11 is 1.22. The van der Waals surface area contributed by atoms with Crippen LogP contribution in [0.15, 0.2) is 0 Å². The van der Waals surface area contributed by atoms with Crippen molar-refractivity contribution in [2.75, 3.05) is 19.8 Å². The van der Waals surface area contributed by atoms with Crippen molar-refractivity contribution in [1.29, 1.82) is 0 Å². The van der Waals surface area contributed by atoms with Gasteiger partial charge in [-0.05, 0) is 0 Å². The number of rotatable bonds is 8. The van der Waals surface area contributed by atoms with Crippen LogP contribution in [0.4, 0.5) is 0 Å². The third kappa shape index (κ3) is 4.47. The summed E-state index contributed by atoms with van der Waals surface area (Å²) in [4.78, 5) is 0. The Balaban J connectivity index is 4.39. The topological polar surface area (TPSA) is 27.7 Å². The van der Waals surface area contributed by atoms with Crippen LogP contribution in [0, 0.1) is 0 Å². The van der Waals surface area contributed by atoms with Gasteiger partial charge < -0.3 is 0 Å². The van der Waals surface area contributed by atoms with Crippen molar-refractivity contribution in [1.82, 2.24) is 0 Å². The average molecular weight is 308 g/mol. The van der Waals surface area contributed by atoms with E-state index in [1.807, 2.05) is 20.8 Å². The van der Waals surface area contributed by atoms with E-state index in [2.05, 4.69) is 6.92 Å². The summed E-state index contributed by atoms with van der Waals surface area (Å²) in [6.07, 6.45) is 0.963. The number of hydrogen-bond donors (Lipinski definition) is 0. The van der Waals surface area contributed by atoms with Crippen LogP contribution in [-0.4, -0.2) is 52.3 Å². The molecule has 1 unspecified atom stereocenters. The van der Waals surface area contributed by atoms with E-state index in [9.17, 15) is 0 Å². The third-order valence-corrected chi connectivity index (χ3v) is 3.62. The molecule has 14 heavy (non-hydrogen) atoms. The second-order valence-corrected chi connectivity index (χ2v) is 4.87. The van der Waals surface area contributed by atoms with E-state index >= 15 is 0 Å². The van der Waals surface area contributed by atoms with Crippen molar-refractivity contribution >= 4 is 22.5 Å². The first kappa shape index (κ1) is 14.7. The van der Waals surface area contributed by atoms with Crippen LogP contribution in [0.1, 0.15) is 34.1 Å². The fraction of sp³-hybridized carbons (Fsp3) is 1.00. The molecular formula is C10H21O3Sn. The van der Waals surface area contributed by atoms with E-state index < -0.39 is 3.80 Å². The molecule has 3 nitrogen and oxygen atoms in total. The Morgan fingerprint density at radius 3 is 1.79 bits per heavy atom. The van der Waals surface area contributed by atoms with Gasteiger partial charge in [0, 0.05) is 0 Å². The zero-order valence-corrected chi connectivity index (χ0v) is 12.5. The van der Waals surface area contributed by atoms with E-state index in [0.29, 0.717) is 19.8 Å². The van der Waals surface area contributed by atoms with Gasteiger partial charge in [0.15, 0.2) is 0 Å². The van der Waals surface area contributed by atoms with Crippen molar-refractivity contribution < 1.29 is 14.2 Å². The van der Waals surface area contributed by atoms with Crippen molar-refractivity contribution in [2.45, 2.75) is 44.0 Å². The van der Waals surface area contributed by atoms with Crippen LogP contribution in [-0.2, 0) is 14.2 Å². The minimum atomic E-state index is -0.513. The predicted octanol–water partition coefficient (Wildman–Crippen LogP) is 1.70. The average Bonchev–Trinajstić information content (AvgIpc) is 2.14. The summed E-state index contributed by atoms with van der Waals surface area (Å²) in [7, 11) is 0. The maximum absolute atomic E-state index is 5.67. The monoisotopic (exact) mass is 309 g/mol. The first-order valence-corrected chi connectivity index (χ1v) is 6.71. The molecule has 0 rings (SSSR count). The Hall–Kier alpha value is 0.679. The van der Waals surface area contributed by atoms with Crippen LogP contribution < -0.4 is 0 Å². The molecule has 3 radical (unpaired) electrons. The molecule has 0 saturated heterocycles. The van der Waals surface area contributed by atoms with E-state index in [0.717, 1.165) is 6.42 Å². The molecule has 83 valence electrons. The molecule has 0 bridgehead atoms. The first-order valence-electron chi connectivity index (χ1n) is 5.29. The summed E-state index contributed by atoms with van der Waals surface area (Å²) in [5.74, 6) is 0. The van der Waals surface area contributed by atoms with Gasteiger partial charge in [0.05, 0.1) is 0 Å². The fourth-order valence-corrected chi connectivity index (χ4v) is 3.00. The molecule has 4 heteroatoms. The SMILES string of the molecule is CCOC(CC)[C]([Sn])(OCC)OCC. The summed E-state index contributed by atoms with van der Waals surface area (Å²) in [6, 6.07) is 0. The van der Waals surface area contributed by atoms with Crippen molar-refractivity contribution in [3.05, 3.63) is 0 Å². The quantitative estimate of drug-likeness (QED) is 0.504. The van der Waals surface area contributed by atoms with Gasteiger partial charge >= 0.3 is 101 Å². The van der Waals surface area contributed by atoms with Crippen LogP contribution in [0.3, 0.4) is 0 Å². The minimum absolute atomic E-state index is 0.0469. The molecular weight excluding hydrogens is 287 g/mol. The molecule has 0 aliphatic heterocycles. The van der Waals surface area contributed by atoms with Gasteiger partial charge in [0.25, 0.3) is 0 Å². The number of hydrogen-bond acceptors (Lipinski definition) is 3. The molecule has 0 aromatic carbocycles. The molecule has 0 N–H and O–H groups in total. The Labute approximate surface area is 101 Å². The summed E-state index contributed by atoms with van der Waals surface area (Å²) < 4.78 is 16.5. The molecule has 0 aromatic heterocycles. The van der Waals surface area contributed by atoms with Gasteiger partial charge in [-0.1, -0.05) is 0 Å². The molecule has 0 aliphatic carbocycles. The first-order chi connectivity index (χ1) is 6.64. The molecule has 0 aromatic rings. The summed E-state index contributed by atoms with van der Waals surface area (Å²) in [5, 5.41) is 0. The Morgan fingerprint density at radius 1 is 1.00 bits per heavy atom. The number of ether oxygens (including phenoxy) is 3. The van der Waals surface area contributed by atoms with Crippen LogP contribution in [0.25, 0.3) is 0 Å². The molecule has 0 aliphatic rings. The second kappa shape index (κ2) is 7.90. The van der Waals surface area contributed by atoms with E-state index in [1.165, 1.54) is 22.5 Å². The summed E-state index contributed by atoms with van der Waals surface area (Å²) in [6.45, 7) is 10.1. The van der Waals surface area contributed by atoms with E-state index in [-0.39, 0.29) is 6.10 Å². The van der Waals surface area contributed by atoms with Crippen molar-refractivity contribution in [3.63, 3.8) is 0 Å². The molecule has 0 spiro atoms. The van der Waals surface area contributed by atoms with Gasteiger partial charge in [-0.2, -0.15) is 0 Å². The fourth-order valence-electron chi connectivity index (χ4n) is 1.35.